The van der Waals surface area contributed by atoms with Crippen LogP contribution in [0.1, 0.15) is 50.5 Å². The maximum absolute atomic E-state index is 5.89. The molecular weight excluding hydrogens is 248 g/mol. The molecule has 0 saturated heterocycles. The van der Waals surface area contributed by atoms with Gasteiger partial charge in [0.2, 0.25) is 0 Å². The molecule has 112 valence electrons. The van der Waals surface area contributed by atoms with Gasteiger partial charge >= 0.3 is 0 Å². The van der Waals surface area contributed by atoms with E-state index in [1.54, 1.807) is 0 Å². The van der Waals surface area contributed by atoms with Gasteiger partial charge in [-0.3, -0.25) is 11.3 Å². The van der Waals surface area contributed by atoms with E-state index in [4.69, 9.17) is 10.6 Å². The summed E-state index contributed by atoms with van der Waals surface area (Å²) in [5.41, 5.74) is 4.37. The van der Waals surface area contributed by atoms with Crippen molar-refractivity contribution in [2.24, 2.45) is 5.84 Å². The fourth-order valence-corrected chi connectivity index (χ4v) is 3.50. The van der Waals surface area contributed by atoms with Gasteiger partial charge in [-0.25, -0.2) is 0 Å². The minimum atomic E-state index is -0.0519. The Morgan fingerprint density at radius 2 is 1.90 bits per heavy atom. The summed E-state index contributed by atoms with van der Waals surface area (Å²) in [7, 11) is 1.84. The standard InChI is InChI=1S/C17H28N2O/c1-20-17(13-6-3-7-14-17)16(19-18)12-8-11-15-9-4-2-5-10-15/h2,4-5,9-10,16,19H,3,6-8,11-14,18H2,1H3. The van der Waals surface area contributed by atoms with Crippen molar-refractivity contribution < 1.29 is 4.74 Å². The Hall–Kier alpha value is -0.900. The van der Waals surface area contributed by atoms with E-state index in [9.17, 15) is 0 Å². The molecular formula is C17H28N2O. The normalized spacial score (nSPS) is 19.7. The lowest BCUT2D eigenvalue weighted by molar-refractivity contribution is -0.0697. The Kier molecular flexibility index (Phi) is 6.02. The minimum Gasteiger partial charge on any atom is -0.377 e. The zero-order chi connectivity index (χ0) is 14.3. The largest absolute Gasteiger partial charge is 0.377 e. The second kappa shape index (κ2) is 7.77. The SMILES string of the molecule is COC1(C(CCCc2ccccc2)NN)CCCCC1. The maximum Gasteiger partial charge on any atom is 0.0844 e. The average Bonchev–Trinajstić information content (AvgIpc) is 2.53. The van der Waals surface area contributed by atoms with Crippen LogP contribution in [0.5, 0.6) is 0 Å². The lowest BCUT2D eigenvalue weighted by Gasteiger charge is -2.42. The van der Waals surface area contributed by atoms with E-state index in [1.165, 1.54) is 24.8 Å². The molecule has 0 spiro atoms. The van der Waals surface area contributed by atoms with Crippen molar-refractivity contribution in [3.63, 3.8) is 0 Å². The third-order valence-electron chi connectivity index (χ3n) is 4.74. The molecule has 1 aliphatic rings. The van der Waals surface area contributed by atoms with Gasteiger partial charge < -0.3 is 4.74 Å². The van der Waals surface area contributed by atoms with Gasteiger partial charge in [0.05, 0.1) is 11.6 Å². The fraction of sp³-hybridized carbons (Fsp3) is 0.647. The molecule has 1 aromatic carbocycles. The van der Waals surface area contributed by atoms with Crippen LogP contribution in [0.25, 0.3) is 0 Å². The summed E-state index contributed by atoms with van der Waals surface area (Å²) in [5, 5.41) is 0. The van der Waals surface area contributed by atoms with Crippen molar-refractivity contribution in [2.75, 3.05) is 7.11 Å². The molecule has 3 N–H and O–H groups in total. The summed E-state index contributed by atoms with van der Waals surface area (Å²) in [6.45, 7) is 0. The molecule has 0 aliphatic heterocycles. The minimum absolute atomic E-state index is 0.0519. The van der Waals surface area contributed by atoms with E-state index in [0.717, 1.165) is 32.1 Å². The molecule has 1 unspecified atom stereocenters. The summed E-state index contributed by atoms with van der Waals surface area (Å²) in [5.74, 6) is 5.81. The van der Waals surface area contributed by atoms with Gasteiger partial charge in [0, 0.05) is 7.11 Å². The molecule has 0 aromatic heterocycles. The van der Waals surface area contributed by atoms with Crippen LogP contribution in [0.3, 0.4) is 0 Å². The topological polar surface area (TPSA) is 47.3 Å². The third-order valence-corrected chi connectivity index (χ3v) is 4.74. The summed E-state index contributed by atoms with van der Waals surface area (Å²) in [6.07, 6.45) is 9.41. The van der Waals surface area contributed by atoms with Crippen LogP contribution in [-0.2, 0) is 11.2 Å². The lowest BCUT2D eigenvalue weighted by atomic mass is 9.77. The average molecular weight is 276 g/mol. The molecule has 0 amide bonds. The molecule has 1 aliphatic carbocycles. The van der Waals surface area contributed by atoms with Crippen molar-refractivity contribution in [1.82, 2.24) is 5.43 Å². The highest BCUT2D eigenvalue weighted by atomic mass is 16.5. The number of benzene rings is 1. The zero-order valence-corrected chi connectivity index (χ0v) is 12.6. The highest BCUT2D eigenvalue weighted by Gasteiger charge is 2.39. The highest BCUT2D eigenvalue weighted by Crippen LogP contribution is 2.35. The van der Waals surface area contributed by atoms with Gasteiger partial charge in [-0.1, -0.05) is 49.6 Å². The van der Waals surface area contributed by atoms with Crippen molar-refractivity contribution in [3.05, 3.63) is 35.9 Å². The smallest absolute Gasteiger partial charge is 0.0844 e. The van der Waals surface area contributed by atoms with E-state index < -0.39 is 0 Å². The van der Waals surface area contributed by atoms with E-state index >= 15 is 0 Å². The zero-order valence-electron chi connectivity index (χ0n) is 12.6. The monoisotopic (exact) mass is 276 g/mol. The first kappa shape index (κ1) is 15.5. The predicted octanol–water partition coefficient (Wildman–Crippen LogP) is 3.19. The van der Waals surface area contributed by atoms with Gasteiger partial charge in [-0.2, -0.15) is 0 Å². The Bertz CT molecular complexity index is 374. The molecule has 3 heteroatoms. The van der Waals surface area contributed by atoms with E-state index in [2.05, 4.69) is 35.8 Å². The van der Waals surface area contributed by atoms with Crippen LogP contribution in [0.2, 0.25) is 0 Å². The Morgan fingerprint density at radius 3 is 2.50 bits per heavy atom. The van der Waals surface area contributed by atoms with Gasteiger partial charge in [0.15, 0.2) is 0 Å². The van der Waals surface area contributed by atoms with Crippen LogP contribution in [0, 0.1) is 0 Å². The first-order valence-corrected chi connectivity index (χ1v) is 7.86. The molecule has 1 atom stereocenters. The Balaban J connectivity index is 1.87. The summed E-state index contributed by atoms with van der Waals surface area (Å²) < 4.78 is 5.89. The number of nitrogens with one attached hydrogen (secondary N) is 1. The molecule has 0 bridgehead atoms. The molecule has 2 rings (SSSR count). The van der Waals surface area contributed by atoms with Gasteiger partial charge in [-0.15, -0.1) is 0 Å². The van der Waals surface area contributed by atoms with Crippen LogP contribution in [-0.4, -0.2) is 18.8 Å². The van der Waals surface area contributed by atoms with Crippen LogP contribution < -0.4 is 11.3 Å². The quantitative estimate of drug-likeness (QED) is 0.594. The molecule has 0 heterocycles. The molecule has 20 heavy (non-hydrogen) atoms. The molecule has 1 fully saturated rings. The summed E-state index contributed by atoms with van der Waals surface area (Å²) in [6, 6.07) is 10.9. The number of hydrogen-bond donors (Lipinski definition) is 2. The van der Waals surface area contributed by atoms with Crippen molar-refractivity contribution in [2.45, 2.75) is 63.0 Å². The molecule has 3 nitrogen and oxygen atoms in total. The van der Waals surface area contributed by atoms with E-state index in [0.29, 0.717) is 0 Å². The van der Waals surface area contributed by atoms with Gasteiger partial charge in [0.1, 0.15) is 0 Å². The van der Waals surface area contributed by atoms with Crippen LogP contribution in [0.15, 0.2) is 30.3 Å². The van der Waals surface area contributed by atoms with Crippen LogP contribution in [0.4, 0.5) is 0 Å². The van der Waals surface area contributed by atoms with Gasteiger partial charge in [0.25, 0.3) is 0 Å². The number of ether oxygens (including phenoxy) is 1. The maximum atomic E-state index is 5.89. The first-order chi connectivity index (χ1) is 9.80. The number of hydrazine groups is 1. The lowest BCUT2D eigenvalue weighted by Crippen LogP contribution is -2.55. The van der Waals surface area contributed by atoms with Crippen molar-refractivity contribution in [1.29, 1.82) is 0 Å². The first-order valence-electron chi connectivity index (χ1n) is 7.86. The molecule has 1 aromatic rings. The summed E-state index contributed by atoms with van der Waals surface area (Å²) >= 11 is 0. The number of aryl methyl sites for hydroxylation is 1. The number of methoxy groups -OCH3 is 1. The fourth-order valence-electron chi connectivity index (χ4n) is 3.50. The van der Waals surface area contributed by atoms with E-state index in [-0.39, 0.29) is 11.6 Å². The third kappa shape index (κ3) is 3.81. The second-order valence-corrected chi connectivity index (χ2v) is 5.93. The number of nitrogens with two attached hydrogens (primary N) is 1. The van der Waals surface area contributed by atoms with Crippen LogP contribution >= 0.6 is 0 Å². The predicted molar refractivity (Wildman–Crippen MR) is 83.3 cm³/mol. The molecule has 1 saturated carbocycles. The second-order valence-electron chi connectivity index (χ2n) is 5.93. The van der Waals surface area contributed by atoms with Crippen molar-refractivity contribution >= 4 is 0 Å². The Labute approximate surface area is 122 Å². The number of rotatable bonds is 7. The van der Waals surface area contributed by atoms with Crippen molar-refractivity contribution in [3.8, 4) is 0 Å². The highest BCUT2D eigenvalue weighted by molar-refractivity contribution is 5.14. The Morgan fingerprint density at radius 1 is 1.20 bits per heavy atom. The van der Waals surface area contributed by atoms with Gasteiger partial charge in [-0.05, 0) is 37.7 Å². The summed E-state index contributed by atoms with van der Waals surface area (Å²) in [4.78, 5) is 0. The molecule has 0 radical (unpaired) electrons. The van der Waals surface area contributed by atoms with E-state index in [1.807, 2.05) is 7.11 Å². The number of hydrogen-bond acceptors (Lipinski definition) is 3.